The van der Waals surface area contributed by atoms with Crippen molar-refractivity contribution in [3.8, 4) is 22.5 Å². The predicted molar refractivity (Wildman–Crippen MR) is 204 cm³/mol. The lowest BCUT2D eigenvalue weighted by Gasteiger charge is -2.45. The third kappa shape index (κ3) is 10.4. The zero-order chi connectivity index (χ0) is 42.5. The molecule has 2 aliphatic heterocycles. The average molecular weight is 848 g/mol. The zero-order valence-corrected chi connectivity index (χ0v) is 33.0. The Morgan fingerprint density at radius 2 is 1.20 bits per heavy atom. The fraction of sp³-hybridized carbons (Fsp3) is 0.538. The molecule has 59 heavy (non-hydrogen) atoms. The van der Waals surface area contributed by atoms with Crippen LogP contribution in [-0.4, -0.2) is 146 Å². The van der Waals surface area contributed by atoms with Gasteiger partial charge in [0, 0.05) is 30.0 Å². The minimum absolute atomic E-state index is 0.0837. The van der Waals surface area contributed by atoms with E-state index in [2.05, 4.69) is 20.6 Å². The van der Waals surface area contributed by atoms with Crippen LogP contribution in [0.3, 0.4) is 0 Å². The van der Waals surface area contributed by atoms with E-state index in [9.17, 15) is 49.0 Å². The number of hydrogen-bond acceptors (Lipinski definition) is 14. The molecule has 2 aromatic carbocycles. The Labute approximate surface area is 342 Å². The normalized spacial score (nSPS) is 29.1. The number of carbonyl (C=O) groups is 2. The number of rotatable bonds is 10. The van der Waals surface area contributed by atoms with Gasteiger partial charge in [0.1, 0.15) is 71.7 Å². The minimum atomic E-state index is -1.32. The van der Waals surface area contributed by atoms with Crippen molar-refractivity contribution in [1.29, 1.82) is 0 Å². The number of nitrogens with zero attached hydrogens (tertiary/aromatic N) is 7. The number of hydrogen-bond donors (Lipinski definition) is 6. The van der Waals surface area contributed by atoms with Gasteiger partial charge in [0.15, 0.2) is 6.23 Å². The van der Waals surface area contributed by atoms with Crippen LogP contribution in [-0.2, 0) is 19.1 Å². The van der Waals surface area contributed by atoms with Crippen LogP contribution in [0.1, 0.15) is 51.1 Å². The van der Waals surface area contributed by atoms with Crippen molar-refractivity contribution in [2.75, 3.05) is 20.3 Å². The number of likely N-dealkylation sites (N-methyl/N-ethyl adjacent to an activating group) is 1. The van der Waals surface area contributed by atoms with E-state index in [1.807, 2.05) is 6.92 Å². The molecule has 2 aromatic heterocycles. The summed E-state index contributed by atoms with van der Waals surface area (Å²) in [6.07, 6.45) is -1.03. The highest BCUT2D eigenvalue weighted by Gasteiger charge is 2.50. The highest BCUT2D eigenvalue weighted by molar-refractivity contribution is 6.64. The summed E-state index contributed by atoms with van der Waals surface area (Å²) in [7, 11) is 1.53. The topological polar surface area (TPSA) is 239 Å². The molecule has 4 fully saturated rings. The van der Waals surface area contributed by atoms with Gasteiger partial charge in [-0.1, -0.05) is 41.6 Å². The van der Waals surface area contributed by atoms with E-state index in [4.69, 9.17) is 21.1 Å². The molecule has 4 heterocycles. The van der Waals surface area contributed by atoms with Crippen LogP contribution >= 0.6 is 11.6 Å². The Morgan fingerprint density at radius 3 is 1.61 bits per heavy atom. The van der Waals surface area contributed by atoms with Gasteiger partial charge < -0.3 is 45.0 Å². The Balaban J connectivity index is 0.000000176. The van der Waals surface area contributed by atoms with Crippen LogP contribution in [0.4, 0.5) is 8.78 Å². The van der Waals surface area contributed by atoms with Crippen molar-refractivity contribution in [3.63, 3.8) is 0 Å². The summed E-state index contributed by atoms with van der Waals surface area (Å²) >= 11 is 5.04. The molecular weight excluding hydrogens is 800 g/mol. The Bertz CT molecular complexity index is 2020. The van der Waals surface area contributed by atoms with E-state index in [1.165, 1.54) is 57.8 Å². The second-order valence-electron chi connectivity index (χ2n) is 15.0. The molecular formula is C39H48ClF2N7O10. The molecule has 320 valence electrons. The van der Waals surface area contributed by atoms with Crippen LogP contribution in [0.25, 0.3) is 22.5 Å². The number of ether oxygens (including phenoxy) is 2. The molecule has 0 spiro atoms. The largest absolute Gasteiger partial charge is 0.394 e. The summed E-state index contributed by atoms with van der Waals surface area (Å²) in [6, 6.07) is 9.90. The number of carbonyl (C=O) groups excluding carboxylic acids is 2. The summed E-state index contributed by atoms with van der Waals surface area (Å²) in [6.45, 7) is 0.973. The number of halogens is 3. The summed E-state index contributed by atoms with van der Waals surface area (Å²) < 4.78 is 40.6. The molecule has 2 saturated heterocycles. The first-order valence-electron chi connectivity index (χ1n) is 19.3. The first-order chi connectivity index (χ1) is 28.3. The molecule has 8 rings (SSSR count). The maximum atomic E-state index is 13.5. The SMILES string of the molecule is CCC1OC(CO)[C@H](O)[C@H](n2cc(-c3cccc(F)c3)nn2)C1O.CN(C(=O)C1CC1)[C@@H]1OC(CO)[C@H](O)[C@H](n2cc(-c3cccc(F)c3)nn2)C1O.O=C(Cl)C1CC1. The first kappa shape index (κ1) is 44.2. The van der Waals surface area contributed by atoms with Crippen LogP contribution in [0, 0.1) is 23.5 Å². The van der Waals surface area contributed by atoms with Crippen LogP contribution in [0.2, 0.25) is 0 Å². The molecule has 10 atom stereocenters. The van der Waals surface area contributed by atoms with E-state index in [0.29, 0.717) is 28.9 Å². The van der Waals surface area contributed by atoms with Gasteiger partial charge in [-0.05, 0) is 68.0 Å². The molecule has 17 nitrogen and oxygen atoms in total. The molecule has 20 heteroatoms. The fourth-order valence-corrected chi connectivity index (χ4v) is 7.22. The monoisotopic (exact) mass is 847 g/mol. The highest BCUT2D eigenvalue weighted by atomic mass is 35.5. The van der Waals surface area contributed by atoms with Crippen LogP contribution < -0.4 is 0 Å². The molecule has 2 aliphatic carbocycles. The standard InChI is InChI=1S/C19H23FN4O5.C16H20FN3O4.C4H5ClO/c1-23(18(28)10-5-6-10)19-17(27)15(16(26)14(9-25)29-19)24-8-13(21-22-24)11-3-2-4-12(20)7-11;1-2-12-15(22)14(16(23)13(8-21)24-12)20-7-11(18-19-20)9-4-3-5-10(17)6-9;5-4(6)3-1-2-3/h2-4,7-8,10,14-17,19,25-27H,5-6,9H2,1H3;3-7,12-16,21-23H,2,8H2,1H3;3H,1-2H2/t14?,15-,16-,17?,19+;12?,13?,14-,15?,16+;/m01./s1. The molecule has 4 aromatic rings. The van der Waals surface area contributed by atoms with Gasteiger partial charge in [-0.2, -0.15) is 0 Å². The summed E-state index contributed by atoms with van der Waals surface area (Å²) in [4.78, 5) is 23.7. The summed E-state index contributed by atoms with van der Waals surface area (Å²) in [5, 5.41) is 77.2. The quantitative estimate of drug-likeness (QED) is 0.125. The number of benzene rings is 2. The second kappa shape index (κ2) is 19.4. The van der Waals surface area contributed by atoms with Crippen molar-refractivity contribution in [1.82, 2.24) is 34.9 Å². The van der Waals surface area contributed by atoms with Gasteiger partial charge in [-0.25, -0.2) is 18.1 Å². The van der Waals surface area contributed by atoms with Crippen molar-refractivity contribution in [3.05, 3.63) is 72.6 Å². The maximum Gasteiger partial charge on any atom is 0.227 e. The van der Waals surface area contributed by atoms with E-state index < -0.39 is 73.5 Å². The predicted octanol–water partition coefficient (Wildman–Crippen LogP) is 1.61. The average Bonchev–Trinajstić information content (AvgIpc) is 4.16. The van der Waals surface area contributed by atoms with Gasteiger partial charge in [0.2, 0.25) is 11.1 Å². The lowest BCUT2D eigenvalue weighted by molar-refractivity contribution is -0.241. The Morgan fingerprint density at radius 1 is 0.746 bits per heavy atom. The van der Waals surface area contributed by atoms with Gasteiger partial charge in [-0.15, -0.1) is 10.2 Å². The van der Waals surface area contributed by atoms with Gasteiger partial charge in [-0.3, -0.25) is 9.59 Å². The Kier molecular flexibility index (Phi) is 14.5. The van der Waals surface area contributed by atoms with Crippen molar-refractivity contribution >= 4 is 22.8 Å². The molecule has 2 saturated carbocycles. The van der Waals surface area contributed by atoms with E-state index in [1.54, 1.807) is 24.4 Å². The fourth-order valence-electron chi connectivity index (χ4n) is 7.00. The van der Waals surface area contributed by atoms with Gasteiger partial charge >= 0.3 is 0 Å². The number of amides is 1. The third-order valence-corrected chi connectivity index (χ3v) is 11.0. The van der Waals surface area contributed by atoms with Crippen molar-refractivity contribution in [2.45, 2.75) is 100 Å². The minimum Gasteiger partial charge on any atom is -0.394 e. The summed E-state index contributed by atoms with van der Waals surface area (Å²) in [5.41, 5.74) is 1.82. The van der Waals surface area contributed by atoms with Crippen LogP contribution in [0.5, 0.6) is 0 Å². The van der Waals surface area contributed by atoms with E-state index >= 15 is 0 Å². The highest BCUT2D eigenvalue weighted by Crippen LogP contribution is 2.36. The second-order valence-corrected chi connectivity index (χ2v) is 15.4. The van der Waals surface area contributed by atoms with Crippen LogP contribution in [0.15, 0.2) is 60.9 Å². The number of aliphatic hydroxyl groups excluding tert-OH is 6. The molecule has 4 aliphatic rings. The number of aliphatic hydroxyl groups is 6. The molecule has 1 amide bonds. The molecule has 6 N–H and O–H groups in total. The smallest absolute Gasteiger partial charge is 0.227 e. The lowest BCUT2D eigenvalue weighted by atomic mass is 9.91. The zero-order valence-electron chi connectivity index (χ0n) is 32.2. The van der Waals surface area contributed by atoms with Crippen molar-refractivity contribution in [2.24, 2.45) is 11.8 Å². The summed E-state index contributed by atoms with van der Waals surface area (Å²) in [5.74, 6) is -0.824. The third-order valence-electron chi connectivity index (χ3n) is 10.7. The lowest BCUT2D eigenvalue weighted by Crippen LogP contribution is -2.61. The Hall–Kier alpha value is -4.31. The molecule has 0 bridgehead atoms. The molecule has 5 unspecified atom stereocenters. The van der Waals surface area contributed by atoms with Crippen molar-refractivity contribution < 1.29 is 58.5 Å². The van der Waals surface area contributed by atoms with Gasteiger partial charge in [0.25, 0.3) is 0 Å². The van der Waals surface area contributed by atoms with E-state index in [0.717, 1.165) is 25.7 Å². The first-order valence-corrected chi connectivity index (χ1v) is 19.7. The maximum absolute atomic E-state index is 13.5. The van der Waals surface area contributed by atoms with Gasteiger partial charge in [0.05, 0.1) is 31.7 Å². The molecule has 0 radical (unpaired) electrons. The number of aromatic nitrogens is 6. The van der Waals surface area contributed by atoms with E-state index in [-0.39, 0.29) is 35.4 Å².